The minimum atomic E-state index is -0.313. The quantitative estimate of drug-likeness (QED) is 0.577. The van der Waals surface area contributed by atoms with Gasteiger partial charge in [0.25, 0.3) is 0 Å². The van der Waals surface area contributed by atoms with E-state index in [-0.39, 0.29) is 11.6 Å². The monoisotopic (exact) mass is 368 g/mol. The number of ketones is 1. The molecule has 0 N–H and O–H groups in total. The molecule has 0 aliphatic heterocycles. The molecule has 0 atom stereocenters. The van der Waals surface area contributed by atoms with Gasteiger partial charge in [0.05, 0.1) is 0 Å². The van der Waals surface area contributed by atoms with Gasteiger partial charge in [-0.05, 0) is 60.2 Å². The van der Waals surface area contributed by atoms with Crippen LogP contribution < -0.4 is 0 Å². The van der Waals surface area contributed by atoms with E-state index in [2.05, 4.69) is 6.07 Å². The van der Waals surface area contributed by atoms with Gasteiger partial charge in [-0.2, -0.15) is 0 Å². The predicted octanol–water partition coefficient (Wildman–Crippen LogP) is 4.47. The molecule has 2 rings (SSSR count). The number of aryl methyl sites for hydroxylation is 2. The van der Waals surface area contributed by atoms with E-state index in [1.54, 1.807) is 6.07 Å². The van der Waals surface area contributed by atoms with Crippen molar-refractivity contribution in [2.45, 2.75) is 20.3 Å². The van der Waals surface area contributed by atoms with E-state index in [0.717, 1.165) is 16.7 Å². The summed E-state index contributed by atoms with van der Waals surface area (Å²) in [6, 6.07) is 10.4. The van der Waals surface area contributed by atoms with Gasteiger partial charge in [0, 0.05) is 15.6 Å². The highest BCUT2D eigenvalue weighted by molar-refractivity contribution is 14.1. The van der Waals surface area contributed by atoms with Crippen LogP contribution in [0, 0.1) is 23.2 Å². The molecule has 0 aliphatic carbocycles. The summed E-state index contributed by atoms with van der Waals surface area (Å²) in [5, 5.41) is 0. The molecule has 0 spiro atoms. The zero-order chi connectivity index (χ0) is 14.0. The molecule has 0 heterocycles. The lowest BCUT2D eigenvalue weighted by atomic mass is 10.00. The van der Waals surface area contributed by atoms with Crippen molar-refractivity contribution in [2.75, 3.05) is 0 Å². The first kappa shape index (κ1) is 14.2. The second-order valence-electron chi connectivity index (χ2n) is 4.72. The lowest BCUT2D eigenvalue weighted by molar-refractivity contribution is 0.0992. The largest absolute Gasteiger partial charge is 0.294 e. The average Bonchev–Trinajstić information content (AvgIpc) is 2.26. The van der Waals surface area contributed by atoms with Crippen molar-refractivity contribution in [1.82, 2.24) is 0 Å². The highest BCUT2D eigenvalue weighted by Gasteiger charge is 2.12. The molecule has 0 unspecified atom stereocenters. The van der Waals surface area contributed by atoms with E-state index < -0.39 is 0 Å². The Bertz CT molecular complexity index is 614. The smallest absolute Gasteiger partial charge is 0.168 e. The maximum absolute atomic E-state index is 13.0. The van der Waals surface area contributed by atoms with Gasteiger partial charge in [-0.1, -0.05) is 29.3 Å². The van der Waals surface area contributed by atoms with Gasteiger partial charge in [0.15, 0.2) is 5.78 Å². The zero-order valence-electron chi connectivity index (χ0n) is 10.8. The van der Waals surface area contributed by atoms with Crippen LogP contribution in [0.5, 0.6) is 0 Å². The topological polar surface area (TPSA) is 17.1 Å². The molecule has 0 fully saturated rings. The fraction of sp³-hybridized carbons (Fsp3) is 0.188. The Kier molecular flexibility index (Phi) is 4.34. The summed E-state index contributed by atoms with van der Waals surface area (Å²) in [6.45, 7) is 4.03. The summed E-state index contributed by atoms with van der Waals surface area (Å²) in [5.41, 5.74) is 3.89. The van der Waals surface area contributed by atoms with E-state index in [9.17, 15) is 9.18 Å². The lowest BCUT2D eigenvalue weighted by Crippen LogP contribution is -2.06. The van der Waals surface area contributed by atoms with E-state index in [0.29, 0.717) is 15.6 Å². The van der Waals surface area contributed by atoms with E-state index in [1.807, 2.05) is 48.6 Å². The molecule has 0 saturated heterocycles. The summed E-state index contributed by atoms with van der Waals surface area (Å²) < 4.78 is 13.7. The fourth-order valence-electron chi connectivity index (χ4n) is 2.17. The van der Waals surface area contributed by atoms with Gasteiger partial charge in [-0.15, -0.1) is 0 Å². The van der Waals surface area contributed by atoms with Crippen molar-refractivity contribution >= 4 is 28.4 Å². The molecule has 98 valence electrons. The first-order chi connectivity index (χ1) is 8.95. The number of carbonyl (C=O) groups excluding carboxylic acids is 1. The van der Waals surface area contributed by atoms with Crippen LogP contribution in [0.4, 0.5) is 4.39 Å². The van der Waals surface area contributed by atoms with Crippen LogP contribution in [-0.2, 0) is 6.42 Å². The van der Waals surface area contributed by atoms with Crippen molar-refractivity contribution in [3.05, 3.63) is 68.0 Å². The number of carbonyl (C=O) groups is 1. The van der Waals surface area contributed by atoms with Crippen LogP contribution in [0.3, 0.4) is 0 Å². The predicted molar refractivity (Wildman–Crippen MR) is 83.1 cm³/mol. The average molecular weight is 368 g/mol. The Balaban J connectivity index is 2.25. The first-order valence-electron chi connectivity index (χ1n) is 6.01. The Labute approximate surface area is 126 Å². The van der Waals surface area contributed by atoms with Crippen molar-refractivity contribution in [3.63, 3.8) is 0 Å². The second kappa shape index (κ2) is 5.82. The third-order valence-electron chi connectivity index (χ3n) is 2.88. The van der Waals surface area contributed by atoms with Gasteiger partial charge in [0.1, 0.15) is 5.82 Å². The van der Waals surface area contributed by atoms with Gasteiger partial charge in [-0.25, -0.2) is 4.39 Å². The minimum Gasteiger partial charge on any atom is -0.294 e. The molecule has 0 saturated carbocycles. The van der Waals surface area contributed by atoms with Gasteiger partial charge < -0.3 is 0 Å². The molecule has 1 nitrogen and oxygen atoms in total. The Morgan fingerprint density at radius 1 is 1.11 bits per heavy atom. The molecule has 19 heavy (non-hydrogen) atoms. The maximum Gasteiger partial charge on any atom is 0.168 e. The van der Waals surface area contributed by atoms with E-state index in [1.165, 1.54) is 12.1 Å². The third kappa shape index (κ3) is 3.62. The van der Waals surface area contributed by atoms with Crippen LogP contribution >= 0.6 is 22.6 Å². The SMILES string of the molecule is Cc1cc(C)cc(CC(=O)c2ccc(F)cc2I)c1. The molecule has 0 bridgehead atoms. The summed E-state index contributed by atoms with van der Waals surface area (Å²) >= 11 is 2.00. The van der Waals surface area contributed by atoms with Crippen LogP contribution in [0.15, 0.2) is 36.4 Å². The number of hydrogen-bond acceptors (Lipinski definition) is 1. The molecule has 2 aromatic rings. The van der Waals surface area contributed by atoms with E-state index >= 15 is 0 Å². The normalized spacial score (nSPS) is 10.5. The van der Waals surface area contributed by atoms with Crippen molar-refractivity contribution in [3.8, 4) is 0 Å². The van der Waals surface area contributed by atoms with Crippen molar-refractivity contribution in [2.24, 2.45) is 0 Å². The van der Waals surface area contributed by atoms with Gasteiger partial charge in [-0.3, -0.25) is 4.79 Å². The summed E-state index contributed by atoms with van der Waals surface area (Å²) in [5.74, 6) is -0.290. The third-order valence-corrected chi connectivity index (χ3v) is 3.77. The molecule has 2 aromatic carbocycles. The van der Waals surface area contributed by atoms with Gasteiger partial charge in [0.2, 0.25) is 0 Å². The summed E-state index contributed by atoms with van der Waals surface area (Å²) in [6.07, 6.45) is 0.351. The highest BCUT2D eigenvalue weighted by Crippen LogP contribution is 2.17. The van der Waals surface area contributed by atoms with Crippen molar-refractivity contribution in [1.29, 1.82) is 0 Å². The molecule has 0 aliphatic rings. The second-order valence-corrected chi connectivity index (χ2v) is 5.88. The van der Waals surface area contributed by atoms with Crippen LogP contribution in [0.25, 0.3) is 0 Å². The molecule has 3 heteroatoms. The van der Waals surface area contributed by atoms with Crippen LogP contribution in [0.1, 0.15) is 27.0 Å². The molecule has 0 radical (unpaired) electrons. The lowest BCUT2D eigenvalue weighted by Gasteiger charge is -2.06. The van der Waals surface area contributed by atoms with Gasteiger partial charge >= 0.3 is 0 Å². The number of halogens is 2. The Morgan fingerprint density at radius 2 is 1.74 bits per heavy atom. The van der Waals surface area contributed by atoms with Crippen molar-refractivity contribution < 1.29 is 9.18 Å². The number of Topliss-reactive ketones (excluding diaryl/α,β-unsaturated/α-hetero) is 1. The molecule has 0 aromatic heterocycles. The highest BCUT2D eigenvalue weighted by atomic mass is 127. The summed E-state index contributed by atoms with van der Waals surface area (Å²) in [4.78, 5) is 12.2. The summed E-state index contributed by atoms with van der Waals surface area (Å²) in [7, 11) is 0. The maximum atomic E-state index is 13.0. The van der Waals surface area contributed by atoms with E-state index in [4.69, 9.17) is 0 Å². The number of benzene rings is 2. The Hall–Kier alpha value is -1.23. The minimum absolute atomic E-state index is 0.0226. The molecule has 0 amide bonds. The van der Waals surface area contributed by atoms with Crippen LogP contribution in [-0.4, -0.2) is 5.78 Å². The fourth-order valence-corrected chi connectivity index (χ4v) is 2.95. The molecular formula is C16H14FIO. The standard InChI is InChI=1S/C16H14FIO/c1-10-5-11(2)7-12(6-10)8-16(19)14-4-3-13(17)9-15(14)18/h3-7,9H,8H2,1-2H3. The number of rotatable bonds is 3. The zero-order valence-corrected chi connectivity index (χ0v) is 13.0. The molecular weight excluding hydrogens is 354 g/mol. The Morgan fingerprint density at radius 3 is 2.32 bits per heavy atom. The van der Waals surface area contributed by atoms with Crippen LogP contribution in [0.2, 0.25) is 0 Å². The first-order valence-corrected chi connectivity index (χ1v) is 7.09. The number of hydrogen-bond donors (Lipinski definition) is 0.